The number of aliphatic hydroxyl groups is 1. The highest BCUT2D eigenvalue weighted by atomic mass is 19.1. The van der Waals surface area contributed by atoms with Gasteiger partial charge in [-0.25, -0.2) is 4.39 Å². The maximum atomic E-state index is 13.3. The van der Waals surface area contributed by atoms with E-state index in [0.29, 0.717) is 6.42 Å². The van der Waals surface area contributed by atoms with Crippen LogP contribution in [0.3, 0.4) is 0 Å². The monoisotopic (exact) mass is 615 g/mol. The molecule has 4 unspecified atom stereocenters. The van der Waals surface area contributed by atoms with Gasteiger partial charge < -0.3 is 39.4 Å². The molecule has 0 aromatic rings. The Morgan fingerprint density at radius 3 is 2.28 bits per heavy atom. The van der Waals surface area contributed by atoms with Gasteiger partial charge in [-0.2, -0.15) is 0 Å². The van der Waals surface area contributed by atoms with Gasteiger partial charge in [-0.1, -0.05) is 20.8 Å². The van der Waals surface area contributed by atoms with Gasteiger partial charge in [0.2, 0.25) is 11.8 Å². The fourth-order valence-electron chi connectivity index (χ4n) is 5.38. The summed E-state index contributed by atoms with van der Waals surface area (Å²) in [7, 11) is 6.19. The van der Waals surface area contributed by atoms with E-state index in [1.165, 1.54) is 20.8 Å². The highest BCUT2D eigenvalue weighted by Crippen LogP contribution is 2.32. The highest BCUT2D eigenvalue weighted by Gasteiger charge is 2.47. The summed E-state index contributed by atoms with van der Waals surface area (Å²) in [4.78, 5) is 49.1. The summed E-state index contributed by atoms with van der Waals surface area (Å²) >= 11 is 0. The average Bonchev–Trinajstić information content (AvgIpc) is 2.89. The number of hydrogen-bond donors (Lipinski definition) is 3. The average molecular weight is 616 g/mol. The molecule has 2 amide bonds. The number of rotatable bonds is 14. The second kappa shape index (κ2) is 17.3. The van der Waals surface area contributed by atoms with Crippen LogP contribution in [-0.2, 0) is 42.9 Å². The zero-order chi connectivity index (χ0) is 33.3. The SMILES string of the molecule is [2H][C@@H]1C(CO[C@@H]2OC(CC)[C@@H](C)[C@H](OC(=O)C[C@@H](C)OC(C)=O)C2NC(=O)C[C@@H](C)O)O[C@H]([B])C(NC(=O)C[C@@H](C)F)[C@H]1C. The zero-order valence-electron chi connectivity index (χ0n) is 27.1. The molecule has 2 fully saturated rings. The van der Waals surface area contributed by atoms with Gasteiger partial charge in [-0.15, -0.1) is 0 Å². The van der Waals surface area contributed by atoms with Gasteiger partial charge in [-0.05, 0) is 39.5 Å². The van der Waals surface area contributed by atoms with Crippen LogP contribution in [-0.4, -0.2) is 104 Å². The summed E-state index contributed by atoms with van der Waals surface area (Å²) in [6.45, 7) is 10.8. The van der Waals surface area contributed by atoms with Crippen molar-refractivity contribution in [3.05, 3.63) is 0 Å². The first-order valence-corrected chi connectivity index (χ1v) is 14.9. The maximum absolute atomic E-state index is 13.3. The number of aliphatic hydroxyl groups excluding tert-OH is 1. The predicted molar refractivity (Wildman–Crippen MR) is 153 cm³/mol. The first-order chi connectivity index (χ1) is 20.5. The zero-order valence-corrected chi connectivity index (χ0v) is 26.1. The van der Waals surface area contributed by atoms with Gasteiger partial charge >= 0.3 is 11.9 Å². The van der Waals surface area contributed by atoms with E-state index in [4.69, 9.17) is 32.9 Å². The van der Waals surface area contributed by atoms with E-state index < -0.39 is 97.1 Å². The Hall–Kier alpha value is -2.29. The van der Waals surface area contributed by atoms with Crippen LogP contribution in [0.5, 0.6) is 0 Å². The van der Waals surface area contributed by atoms with Crippen LogP contribution in [0.1, 0.15) is 81.9 Å². The third kappa shape index (κ3) is 12.0. The second-order valence-corrected chi connectivity index (χ2v) is 11.6. The maximum Gasteiger partial charge on any atom is 0.309 e. The van der Waals surface area contributed by atoms with Gasteiger partial charge in [-0.3, -0.25) is 19.2 Å². The molecule has 14 heteroatoms. The van der Waals surface area contributed by atoms with Crippen LogP contribution >= 0.6 is 0 Å². The van der Waals surface area contributed by atoms with E-state index in [-0.39, 0.29) is 31.8 Å². The molecule has 0 aromatic carbocycles. The molecule has 2 rings (SSSR count). The lowest BCUT2D eigenvalue weighted by molar-refractivity contribution is -0.263. The Balaban J connectivity index is 2.22. The molecule has 0 aromatic heterocycles. The molecule has 0 spiro atoms. The Morgan fingerprint density at radius 1 is 1.07 bits per heavy atom. The van der Waals surface area contributed by atoms with E-state index in [1.54, 1.807) is 13.8 Å². The quantitative estimate of drug-likeness (QED) is 0.193. The van der Waals surface area contributed by atoms with Crippen molar-refractivity contribution in [1.29, 1.82) is 0 Å². The molecule has 43 heavy (non-hydrogen) atoms. The summed E-state index contributed by atoms with van der Waals surface area (Å²) in [5, 5.41) is 15.2. The predicted octanol–water partition coefficient (Wildman–Crippen LogP) is 1.44. The first kappa shape index (κ1) is 35.2. The van der Waals surface area contributed by atoms with Crippen molar-refractivity contribution in [3.8, 4) is 0 Å². The van der Waals surface area contributed by atoms with Gasteiger partial charge in [0.1, 0.15) is 32.3 Å². The van der Waals surface area contributed by atoms with E-state index in [9.17, 15) is 28.7 Å². The van der Waals surface area contributed by atoms with Gasteiger partial charge in [0, 0.05) is 26.3 Å². The van der Waals surface area contributed by atoms with E-state index in [1.807, 2.05) is 13.8 Å². The second-order valence-electron chi connectivity index (χ2n) is 11.6. The van der Waals surface area contributed by atoms with Crippen molar-refractivity contribution in [2.24, 2.45) is 11.8 Å². The van der Waals surface area contributed by atoms with Gasteiger partial charge in [0.05, 0.1) is 44.2 Å². The minimum absolute atomic E-state index is 0.184. The van der Waals surface area contributed by atoms with Crippen LogP contribution in [0.4, 0.5) is 4.39 Å². The molecule has 2 aliphatic heterocycles. The standard InChI is InChI=1S/C29H48BFN2O10/c1-8-21-18(6)27(43-24(38)12-17(5)40-19(7)35)26(33-23(37)11-16(4)34)29(42-21)39-13-20-9-14(2)25(28(30)41-20)32-22(36)10-15(3)31/h14-18,20-21,25-29,34H,8-13H2,1-7H3,(H,32,36)(H,33,37)/t14-,15+,16+,17+,18+,20?,21?,25?,26?,27-,28-,29+/m0/s1/i9D/t9-,14-,15+,16+,17+,18+,20?,21?,25?,26?,27-,28-,29+. The molecular formula is C29H48BFN2O10. The Kier molecular flexibility index (Phi) is 14.1. The van der Waals surface area contributed by atoms with Crippen molar-refractivity contribution in [1.82, 2.24) is 10.6 Å². The van der Waals surface area contributed by atoms with Crippen molar-refractivity contribution < 1.29 is 53.7 Å². The third-order valence-electron chi connectivity index (χ3n) is 7.35. The molecule has 0 saturated carbocycles. The summed E-state index contributed by atoms with van der Waals surface area (Å²) in [6, 6.07) is -2.72. The summed E-state index contributed by atoms with van der Waals surface area (Å²) in [5.41, 5.74) is 0. The minimum Gasteiger partial charge on any atom is -0.462 e. The summed E-state index contributed by atoms with van der Waals surface area (Å²) < 4.78 is 51.1. The number of hydrogen-bond acceptors (Lipinski definition) is 10. The molecule has 13 atom stereocenters. The van der Waals surface area contributed by atoms with Crippen LogP contribution < -0.4 is 10.6 Å². The number of alkyl halides is 1. The molecule has 0 bridgehead atoms. The largest absolute Gasteiger partial charge is 0.462 e. The molecule has 12 nitrogen and oxygen atoms in total. The molecular weight excluding hydrogens is 566 g/mol. The molecule has 2 saturated heterocycles. The van der Waals surface area contributed by atoms with Crippen molar-refractivity contribution in [3.63, 3.8) is 0 Å². The number of carbonyl (C=O) groups is 4. The topological polar surface area (TPSA) is 159 Å². The fraction of sp³-hybridized carbons (Fsp3) is 0.862. The van der Waals surface area contributed by atoms with Crippen LogP contribution in [0.2, 0.25) is 0 Å². The lowest BCUT2D eigenvalue weighted by Crippen LogP contribution is -2.63. The minimum atomic E-state index is -1.33. The van der Waals surface area contributed by atoms with E-state index in [2.05, 4.69) is 10.6 Å². The fourth-order valence-corrected chi connectivity index (χ4v) is 5.38. The highest BCUT2D eigenvalue weighted by molar-refractivity contribution is 6.11. The number of carbonyl (C=O) groups excluding carboxylic acids is 4. The number of halogens is 1. The van der Waals surface area contributed by atoms with Crippen molar-refractivity contribution in [2.75, 3.05) is 6.61 Å². The third-order valence-corrected chi connectivity index (χ3v) is 7.35. The Morgan fingerprint density at radius 2 is 1.70 bits per heavy atom. The first-order valence-electron chi connectivity index (χ1n) is 15.5. The van der Waals surface area contributed by atoms with Crippen LogP contribution in [0.15, 0.2) is 0 Å². The molecule has 244 valence electrons. The number of amides is 2. The lowest BCUT2D eigenvalue weighted by atomic mass is 9.79. The molecule has 2 radical (unpaired) electrons. The number of nitrogens with one attached hydrogen (secondary N) is 2. The van der Waals surface area contributed by atoms with Crippen LogP contribution in [0, 0.1) is 11.8 Å². The summed E-state index contributed by atoms with van der Waals surface area (Å²) in [5.74, 6) is -3.12. The van der Waals surface area contributed by atoms with Gasteiger partial charge in [0.25, 0.3) is 0 Å². The van der Waals surface area contributed by atoms with E-state index in [0.717, 1.165) is 0 Å². The Labute approximate surface area is 256 Å². The lowest BCUT2D eigenvalue weighted by Gasteiger charge is -2.46. The normalized spacial score (nSPS) is 35.0. The van der Waals surface area contributed by atoms with E-state index >= 15 is 0 Å². The van der Waals surface area contributed by atoms with Crippen molar-refractivity contribution in [2.45, 2.75) is 142 Å². The van der Waals surface area contributed by atoms with Crippen LogP contribution in [0.25, 0.3) is 0 Å². The molecule has 3 N–H and O–H groups in total. The molecule has 0 aliphatic carbocycles. The summed E-state index contributed by atoms with van der Waals surface area (Å²) in [6.07, 6.45) is -7.48. The molecule has 2 heterocycles. The smallest absolute Gasteiger partial charge is 0.309 e. The van der Waals surface area contributed by atoms with Crippen molar-refractivity contribution >= 4 is 31.6 Å². The molecule has 2 aliphatic rings. The number of ether oxygens (including phenoxy) is 5. The van der Waals surface area contributed by atoms with Gasteiger partial charge in [0.15, 0.2) is 6.29 Å². The Bertz CT molecular complexity index is 978. The number of esters is 2.